The third kappa shape index (κ3) is 2.17. The maximum atomic E-state index is 11.6. The molecule has 3 N–H and O–H groups in total. The highest BCUT2D eigenvalue weighted by Gasteiger charge is 2.37. The van der Waals surface area contributed by atoms with Gasteiger partial charge in [0.05, 0.1) is 12.5 Å². The summed E-state index contributed by atoms with van der Waals surface area (Å²) in [6, 6.07) is 6.10. The van der Waals surface area contributed by atoms with Gasteiger partial charge in [0.1, 0.15) is 5.75 Å². The van der Waals surface area contributed by atoms with E-state index < -0.39 is 17.4 Å². The molecule has 1 rings (SSSR count). The van der Waals surface area contributed by atoms with Gasteiger partial charge in [0.25, 0.3) is 0 Å². The van der Waals surface area contributed by atoms with E-state index in [1.165, 1.54) is 7.11 Å². The fraction of sp³-hybridized carbons (Fsp3) is 0.417. The zero-order chi connectivity index (χ0) is 12.3. The number of aromatic hydroxyl groups is 1. The number of hydrogen-bond donors (Lipinski definition) is 2. The van der Waals surface area contributed by atoms with Crippen LogP contribution in [-0.2, 0) is 9.53 Å². The highest BCUT2D eigenvalue weighted by atomic mass is 16.5. The van der Waals surface area contributed by atoms with E-state index in [1.807, 2.05) is 0 Å². The molecule has 1 atom stereocenters. The van der Waals surface area contributed by atoms with Gasteiger partial charge in [-0.1, -0.05) is 18.2 Å². The van der Waals surface area contributed by atoms with Crippen LogP contribution >= 0.6 is 0 Å². The average molecular weight is 223 g/mol. The number of benzene rings is 1. The van der Waals surface area contributed by atoms with Crippen molar-refractivity contribution in [2.45, 2.75) is 19.9 Å². The Balaban J connectivity index is 3.07. The summed E-state index contributed by atoms with van der Waals surface area (Å²) in [5.74, 6) is -0.310. The first-order valence-electron chi connectivity index (χ1n) is 5.03. The maximum Gasteiger partial charge on any atom is 0.313 e. The first kappa shape index (κ1) is 12.5. The highest BCUT2D eigenvalue weighted by Crippen LogP contribution is 2.36. The molecular weight excluding hydrogens is 206 g/mol. The van der Waals surface area contributed by atoms with Gasteiger partial charge in [-0.05, 0) is 19.9 Å². The molecular formula is C12H17NO3. The predicted octanol–water partition coefficient (Wildman–Crippen LogP) is 1.59. The van der Waals surface area contributed by atoms with Crippen LogP contribution < -0.4 is 5.73 Å². The smallest absolute Gasteiger partial charge is 0.313 e. The monoisotopic (exact) mass is 223 g/mol. The van der Waals surface area contributed by atoms with Crippen LogP contribution in [0.2, 0.25) is 0 Å². The molecule has 1 aromatic carbocycles. The van der Waals surface area contributed by atoms with Crippen LogP contribution in [0.25, 0.3) is 0 Å². The third-order valence-corrected chi connectivity index (χ3v) is 2.76. The van der Waals surface area contributed by atoms with Gasteiger partial charge >= 0.3 is 5.97 Å². The van der Waals surface area contributed by atoms with Crippen LogP contribution in [0.5, 0.6) is 5.75 Å². The Morgan fingerprint density at radius 3 is 2.50 bits per heavy atom. The van der Waals surface area contributed by atoms with Gasteiger partial charge in [-0.25, -0.2) is 0 Å². The lowest BCUT2D eigenvalue weighted by atomic mass is 9.81. The lowest BCUT2D eigenvalue weighted by Crippen LogP contribution is -2.37. The third-order valence-electron chi connectivity index (χ3n) is 2.76. The van der Waals surface area contributed by atoms with Crippen LogP contribution in [0.3, 0.4) is 0 Å². The lowest BCUT2D eigenvalue weighted by Gasteiger charge is -2.29. The summed E-state index contributed by atoms with van der Waals surface area (Å²) in [7, 11) is 1.32. The number of nitrogens with two attached hydrogens (primary N) is 1. The average Bonchev–Trinajstić information content (AvgIpc) is 2.27. The summed E-state index contributed by atoms with van der Waals surface area (Å²) < 4.78 is 4.70. The molecule has 0 amide bonds. The number of para-hydroxylation sites is 1. The van der Waals surface area contributed by atoms with Gasteiger partial charge in [0, 0.05) is 11.6 Å². The molecule has 0 unspecified atom stereocenters. The van der Waals surface area contributed by atoms with Gasteiger partial charge in [-0.3, -0.25) is 4.79 Å². The molecule has 0 bridgehead atoms. The number of carbonyl (C=O) groups is 1. The number of methoxy groups -OCH3 is 1. The van der Waals surface area contributed by atoms with Crippen molar-refractivity contribution in [3.8, 4) is 5.75 Å². The Morgan fingerprint density at radius 1 is 1.44 bits per heavy atom. The van der Waals surface area contributed by atoms with Crippen molar-refractivity contribution in [3.63, 3.8) is 0 Å². The second-order valence-corrected chi connectivity index (χ2v) is 4.25. The van der Waals surface area contributed by atoms with Gasteiger partial charge in [0.2, 0.25) is 0 Å². The number of phenolic OH excluding ortho intramolecular Hbond substituents is 1. The topological polar surface area (TPSA) is 72.5 Å². The Bertz CT molecular complexity index is 388. The molecule has 4 nitrogen and oxygen atoms in total. The van der Waals surface area contributed by atoms with Gasteiger partial charge in [0.15, 0.2) is 0 Å². The Labute approximate surface area is 95.0 Å². The van der Waals surface area contributed by atoms with E-state index in [0.717, 1.165) is 0 Å². The minimum Gasteiger partial charge on any atom is -0.508 e. The molecule has 1 aromatic rings. The van der Waals surface area contributed by atoms with Gasteiger partial charge in [-0.2, -0.15) is 0 Å². The van der Waals surface area contributed by atoms with E-state index in [2.05, 4.69) is 0 Å². The Kier molecular flexibility index (Phi) is 3.55. The number of carbonyl (C=O) groups excluding carboxylic acids is 1. The molecule has 0 heterocycles. The normalized spacial score (nSPS) is 13.2. The van der Waals surface area contributed by atoms with Crippen LogP contribution in [0.4, 0.5) is 0 Å². The van der Waals surface area contributed by atoms with Crippen LogP contribution in [0.1, 0.15) is 25.5 Å². The quantitative estimate of drug-likeness (QED) is 0.763. The fourth-order valence-corrected chi connectivity index (χ4v) is 1.53. The van der Waals surface area contributed by atoms with Crippen LogP contribution in [0.15, 0.2) is 24.3 Å². The van der Waals surface area contributed by atoms with Crippen molar-refractivity contribution < 1.29 is 14.6 Å². The molecule has 0 aromatic heterocycles. The second-order valence-electron chi connectivity index (χ2n) is 4.25. The molecule has 0 aliphatic rings. The van der Waals surface area contributed by atoms with Crippen molar-refractivity contribution in [1.82, 2.24) is 0 Å². The highest BCUT2D eigenvalue weighted by molar-refractivity contribution is 5.77. The summed E-state index contributed by atoms with van der Waals surface area (Å²) in [6.07, 6.45) is 0. The van der Waals surface area contributed by atoms with Gasteiger partial charge in [-0.15, -0.1) is 0 Å². The number of hydrogen-bond acceptors (Lipinski definition) is 4. The first-order chi connectivity index (χ1) is 7.41. The molecule has 0 aliphatic carbocycles. The molecule has 4 heteroatoms. The predicted molar refractivity (Wildman–Crippen MR) is 60.8 cm³/mol. The molecule has 0 aliphatic heterocycles. The number of esters is 1. The number of phenols is 1. The van der Waals surface area contributed by atoms with E-state index in [1.54, 1.807) is 38.1 Å². The van der Waals surface area contributed by atoms with E-state index >= 15 is 0 Å². The molecule has 0 fully saturated rings. The van der Waals surface area contributed by atoms with Gasteiger partial charge < -0.3 is 15.6 Å². The minimum absolute atomic E-state index is 0.0898. The van der Waals surface area contributed by atoms with E-state index in [9.17, 15) is 9.90 Å². The van der Waals surface area contributed by atoms with Crippen molar-refractivity contribution in [2.75, 3.05) is 7.11 Å². The Hall–Kier alpha value is -1.55. The maximum absolute atomic E-state index is 11.6. The zero-order valence-corrected chi connectivity index (χ0v) is 9.73. The minimum atomic E-state index is -0.881. The van der Waals surface area contributed by atoms with E-state index in [4.69, 9.17) is 10.5 Å². The molecule has 0 radical (unpaired) electrons. The largest absolute Gasteiger partial charge is 0.508 e. The SMILES string of the molecule is COC(=O)C(C)(C)[C@@H](N)c1ccccc1O. The molecule has 0 saturated heterocycles. The van der Waals surface area contributed by atoms with Crippen molar-refractivity contribution in [3.05, 3.63) is 29.8 Å². The summed E-state index contributed by atoms with van der Waals surface area (Å²) in [5.41, 5.74) is 5.65. The summed E-state index contributed by atoms with van der Waals surface area (Å²) in [4.78, 5) is 11.6. The van der Waals surface area contributed by atoms with E-state index in [-0.39, 0.29) is 5.75 Å². The van der Waals surface area contributed by atoms with Crippen LogP contribution in [0, 0.1) is 5.41 Å². The number of ether oxygens (including phenoxy) is 1. The van der Waals surface area contributed by atoms with Crippen molar-refractivity contribution in [2.24, 2.45) is 11.1 Å². The zero-order valence-electron chi connectivity index (χ0n) is 9.73. The van der Waals surface area contributed by atoms with Crippen LogP contribution in [-0.4, -0.2) is 18.2 Å². The first-order valence-corrected chi connectivity index (χ1v) is 5.03. The molecule has 16 heavy (non-hydrogen) atoms. The molecule has 0 saturated carbocycles. The molecule has 88 valence electrons. The standard InChI is InChI=1S/C12H17NO3/c1-12(2,11(15)16-3)10(13)8-6-4-5-7-9(8)14/h4-7,10,14H,13H2,1-3H3/t10-/m0/s1. The summed E-state index contributed by atoms with van der Waals surface area (Å²) in [6.45, 7) is 3.38. The number of rotatable bonds is 3. The Morgan fingerprint density at radius 2 is 2.00 bits per heavy atom. The summed E-state index contributed by atoms with van der Waals surface area (Å²) >= 11 is 0. The molecule has 0 spiro atoms. The fourth-order valence-electron chi connectivity index (χ4n) is 1.53. The second kappa shape index (κ2) is 4.53. The lowest BCUT2D eigenvalue weighted by molar-refractivity contribution is -0.152. The van der Waals surface area contributed by atoms with Crippen molar-refractivity contribution >= 4 is 5.97 Å². The van der Waals surface area contributed by atoms with E-state index in [0.29, 0.717) is 5.56 Å². The van der Waals surface area contributed by atoms with Crippen molar-refractivity contribution in [1.29, 1.82) is 0 Å². The summed E-state index contributed by atoms with van der Waals surface area (Å²) in [5, 5.41) is 9.67.